The minimum Gasteiger partial charge on any atom is -0.378 e. The van der Waals surface area contributed by atoms with Gasteiger partial charge in [0.1, 0.15) is 12.1 Å². The van der Waals surface area contributed by atoms with Gasteiger partial charge in [0.15, 0.2) is 6.10 Å². The van der Waals surface area contributed by atoms with Gasteiger partial charge < -0.3 is 20.6 Å². The number of hydrogen-bond donors (Lipinski definition) is 3. The number of piperidine rings is 1. The lowest BCUT2D eigenvalue weighted by Gasteiger charge is -2.44. The zero-order valence-electron chi connectivity index (χ0n) is 16.8. The van der Waals surface area contributed by atoms with E-state index in [0.29, 0.717) is 36.4 Å². The third kappa shape index (κ3) is 4.73. The van der Waals surface area contributed by atoms with Gasteiger partial charge in [-0.15, -0.1) is 0 Å². The first kappa shape index (κ1) is 21.3. The van der Waals surface area contributed by atoms with Crippen LogP contribution in [0.2, 0.25) is 5.02 Å². The number of benzene rings is 2. The predicted molar refractivity (Wildman–Crippen MR) is 115 cm³/mol. The number of halogens is 1. The lowest BCUT2D eigenvalue weighted by Crippen LogP contribution is -2.67. The van der Waals surface area contributed by atoms with Crippen molar-refractivity contribution in [2.24, 2.45) is 0 Å². The molecule has 0 spiro atoms. The highest BCUT2D eigenvalue weighted by Gasteiger charge is 2.44. The lowest BCUT2D eigenvalue weighted by atomic mass is 9.91. The van der Waals surface area contributed by atoms with Gasteiger partial charge in [-0.2, -0.15) is 0 Å². The lowest BCUT2D eigenvalue weighted by molar-refractivity contribution is -0.152. The maximum atomic E-state index is 13.0. The van der Waals surface area contributed by atoms with Crippen molar-refractivity contribution in [3.63, 3.8) is 0 Å². The van der Waals surface area contributed by atoms with Crippen molar-refractivity contribution in [2.45, 2.75) is 43.5 Å². The Balaban J connectivity index is 1.37. The Kier molecular flexibility index (Phi) is 6.25. The molecule has 4 atom stereocenters. The van der Waals surface area contributed by atoms with Crippen LogP contribution in [0.3, 0.4) is 0 Å². The Morgan fingerprint density at radius 1 is 1.16 bits per heavy atom. The van der Waals surface area contributed by atoms with E-state index in [-0.39, 0.29) is 17.9 Å². The number of nitrogens with one attached hydrogen (secondary N) is 2. The van der Waals surface area contributed by atoms with E-state index in [2.05, 4.69) is 10.6 Å². The van der Waals surface area contributed by atoms with E-state index >= 15 is 0 Å². The summed E-state index contributed by atoms with van der Waals surface area (Å²) in [6.07, 6.45) is -0.0339. The molecule has 2 aliphatic rings. The van der Waals surface area contributed by atoms with Crippen LogP contribution in [0.15, 0.2) is 54.6 Å². The third-order valence-electron chi connectivity index (χ3n) is 5.87. The highest BCUT2D eigenvalue weighted by molar-refractivity contribution is 6.30. The zero-order chi connectivity index (χ0) is 22.0. The summed E-state index contributed by atoms with van der Waals surface area (Å²) in [6, 6.07) is 14.3. The van der Waals surface area contributed by atoms with Crippen LogP contribution in [-0.4, -0.2) is 52.4 Å². The Bertz CT molecular complexity index is 967. The largest absolute Gasteiger partial charge is 0.378 e. The molecule has 3 N–H and O–H groups in total. The van der Waals surface area contributed by atoms with E-state index in [1.807, 2.05) is 18.2 Å². The van der Waals surface area contributed by atoms with Crippen LogP contribution in [0.5, 0.6) is 0 Å². The van der Waals surface area contributed by atoms with Gasteiger partial charge in [-0.1, -0.05) is 54.1 Å². The number of aliphatic hydroxyl groups is 1. The van der Waals surface area contributed by atoms with Crippen LogP contribution in [0.25, 0.3) is 0 Å². The van der Waals surface area contributed by atoms with Crippen molar-refractivity contribution < 1.29 is 19.5 Å². The van der Waals surface area contributed by atoms with E-state index < -0.39 is 24.1 Å². The molecule has 0 saturated carbocycles. The summed E-state index contributed by atoms with van der Waals surface area (Å²) in [7, 11) is 0. The number of fused-ring (bicyclic) bond motifs is 1. The topological polar surface area (TPSA) is 98.7 Å². The average Bonchev–Trinajstić information content (AvgIpc) is 2.79. The molecule has 3 amide bonds. The number of amides is 3. The minimum absolute atomic E-state index is 0.117. The highest BCUT2D eigenvalue weighted by Crippen LogP contribution is 2.24. The molecule has 2 aromatic carbocycles. The normalized spacial score (nSPS) is 24.2. The predicted octanol–water partition coefficient (Wildman–Crippen LogP) is 1.59. The second kappa shape index (κ2) is 9.08. The summed E-state index contributed by atoms with van der Waals surface area (Å²) in [4.78, 5) is 39.7. The molecular formula is C23H24ClN3O4. The number of rotatable bonds is 5. The fourth-order valence-corrected chi connectivity index (χ4v) is 4.33. The van der Waals surface area contributed by atoms with Gasteiger partial charge in [0.25, 0.3) is 5.91 Å². The average molecular weight is 442 g/mol. The summed E-state index contributed by atoms with van der Waals surface area (Å²) in [5, 5.41) is 16.5. The number of hydrogen-bond acceptors (Lipinski definition) is 4. The number of nitrogens with zero attached hydrogens (tertiary/aromatic N) is 1. The standard InChI is InChI=1S/C23H24ClN3O4/c24-16-8-6-14(7-9-16)12-18-23(31)27-11-10-17(13-19(27)21(29)26-18)25-22(30)20(28)15-4-2-1-3-5-15/h1-9,17-20,28H,10-13H2,(H,25,30)(H,26,29)/t17-,18+,19-,20-/m0/s1. The number of piperazine rings is 1. The maximum Gasteiger partial charge on any atom is 0.253 e. The molecule has 0 aliphatic carbocycles. The van der Waals surface area contributed by atoms with E-state index in [1.165, 1.54) is 0 Å². The molecule has 2 aliphatic heterocycles. The Hall–Kier alpha value is -2.90. The van der Waals surface area contributed by atoms with Gasteiger partial charge in [-0.25, -0.2) is 0 Å². The molecule has 7 nitrogen and oxygen atoms in total. The van der Waals surface area contributed by atoms with Gasteiger partial charge >= 0.3 is 0 Å². The molecule has 2 heterocycles. The SMILES string of the molecule is O=C(N[C@H]1CCN2C(=O)[C@@H](Cc3ccc(Cl)cc3)NC(=O)[C@@H]2C1)[C@@H](O)c1ccccc1. The van der Waals surface area contributed by atoms with Crippen molar-refractivity contribution in [3.8, 4) is 0 Å². The fraction of sp³-hybridized carbons (Fsp3) is 0.348. The van der Waals surface area contributed by atoms with E-state index in [1.54, 1.807) is 41.3 Å². The summed E-state index contributed by atoms with van der Waals surface area (Å²) in [5.74, 6) is -0.845. The van der Waals surface area contributed by atoms with Crippen molar-refractivity contribution >= 4 is 29.3 Å². The molecular weight excluding hydrogens is 418 g/mol. The first-order valence-corrected chi connectivity index (χ1v) is 10.7. The molecule has 2 fully saturated rings. The van der Waals surface area contributed by atoms with Crippen molar-refractivity contribution in [1.82, 2.24) is 15.5 Å². The quantitative estimate of drug-likeness (QED) is 0.656. The van der Waals surface area contributed by atoms with Crippen LogP contribution >= 0.6 is 11.6 Å². The molecule has 31 heavy (non-hydrogen) atoms. The summed E-state index contributed by atoms with van der Waals surface area (Å²) in [5.41, 5.74) is 1.42. The maximum absolute atomic E-state index is 13.0. The Morgan fingerprint density at radius 2 is 1.87 bits per heavy atom. The second-order valence-corrected chi connectivity index (χ2v) is 8.42. The van der Waals surface area contributed by atoms with E-state index in [4.69, 9.17) is 11.6 Å². The van der Waals surface area contributed by atoms with Gasteiger partial charge in [0.05, 0.1) is 0 Å². The van der Waals surface area contributed by atoms with Crippen LogP contribution in [0.4, 0.5) is 0 Å². The molecule has 8 heteroatoms. The minimum atomic E-state index is -1.27. The second-order valence-electron chi connectivity index (χ2n) is 7.98. The molecule has 0 bridgehead atoms. The van der Waals surface area contributed by atoms with Crippen LogP contribution in [0, 0.1) is 0 Å². The van der Waals surface area contributed by atoms with Gasteiger partial charge in [0.2, 0.25) is 11.8 Å². The summed E-state index contributed by atoms with van der Waals surface area (Å²) >= 11 is 5.91. The van der Waals surface area contributed by atoms with Crippen LogP contribution in [0.1, 0.15) is 30.1 Å². The van der Waals surface area contributed by atoms with Crippen LogP contribution < -0.4 is 10.6 Å². The van der Waals surface area contributed by atoms with Crippen molar-refractivity contribution in [3.05, 3.63) is 70.7 Å². The van der Waals surface area contributed by atoms with Crippen LogP contribution in [-0.2, 0) is 20.8 Å². The molecule has 0 unspecified atom stereocenters. The first-order chi connectivity index (χ1) is 14.9. The van der Waals surface area contributed by atoms with Crippen molar-refractivity contribution in [1.29, 1.82) is 0 Å². The fourth-order valence-electron chi connectivity index (χ4n) is 4.20. The van der Waals surface area contributed by atoms with E-state index in [0.717, 1.165) is 5.56 Å². The Morgan fingerprint density at radius 3 is 2.58 bits per heavy atom. The molecule has 2 aromatic rings. The van der Waals surface area contributed by atoms with Gasteiger partial charge in [-0.3, -0.25) is 14.4 Å². The van der Waals surface area contributed by atoms with Gasteiger partial charge in [-0.05, 0) is 36.1 Å². The molecule has 162 valence electrons. The van der Waals surface area contributed by atoms with E-state index in [9.17, 15) is 19.5 Å². The molecule has 0 aromatic heterocycles. The molecule has 2 saturated heterocycles. The number of carbonyl (C=O) groups is 3. The zero-order valence-corrected chi connectivity index (χ0v) is 17.6. The number of aliphatic hydroxyl groups excluding tert-OH is 1. The summed E-state index contributed by atoms with van der Waals surface area (Å²) in [6.45, 7) is 0.375. The monoisotopic (exact) mass is 441 g/mol. The highest BCUT2D eigenvalue weighted by atomic mass is 35.5. The first-order valence-electron chi connectivity index (χ1n) is 10.3. The summed E-state index contributed by atoms with van der Waals surface area (Å²) < 4.78 is 0. The third-order valence-corrected chi connectivity index (χ3v) is 6.12. The smallest absolute Gasteiger partial charge is 0.253 e. The number of carbonyl (C=O) groups excluding carboxylic acids is 3. The molecule has 0 radical (unpaired) electrons. The molecule has 4 rings (SSSR count). The van der Waals surface area contributed by atoms with Crippen molar-refractivity contribution in [2.75, 3.05) is 6.54 Å². The van der Waals surface area contributed by atoms with Gasteiger partial charge in [0, 0.05) is 24.0 Å². The Labute approximate surface area is 185 Å².